The van der Waals surface area contributed by atoms with E-state index in [0.717, 1.165) is 11.3 Å². The van der Waals surface area contributed by atoms with Gasteiger partial charge in [-0.15, -0.1) is 0 Å². The van der Waals surface area contributed by atoms with E-state index in [-0.39, 0.29) is 6.54 Å². The minimum absolute atomic E-state index is 0.0622. The third-order valence-corrected chi connectivity index (χ3v) is 3.68. The number of carboxylic acids is 1. The SMILES string of the molecule is Cc1ccc(CN(CC(=O)O)c2cccc(Cl)c2)cc1C. The summed E-state index contributed by atoms with van der Waals surface area (Å²) >= 11 is 6.00. The van der Waals surface area contributed by atoms with E-state index in [4.69, 9.17) is 16.7 Å². The average molecular weight is 304 g/mol. The van der Waals surface area contributed by atoms with E-state index in [1.807, 2.05) is 18.2 Å². The van der Waals surface area contributed by atoms with Crippen LogP contribution in [0.2, 0.25) is 5.02 Å². The first-order valence-corrected chi connectivity index (χ1v) is 7.12. The Morgan fingerprint density at radius 3 is 2.52 bits per heavy atom. The summed E-state index contributed by atoms with van der Waals surface area (Å²) < 4.78 is 0. The Hall–Kier alpha value is -2.00. The molecule has 0 aromatic heterocycles. The third kappa shape index (κ3) is 4.23. The van der Waals surface area contributed by atoms with E-state index >= 15 is 0 Å². The zero-order valence-corrected chi connectivity index (χ0v) is 12.9. The molecule has 0 amide bonds. The second-order valence-corrected chi connectivity index (χ2v) is 5.58. The summed E-state index contributed by atoms with van der Waals surface area (Å²) in [5.41, 5.74) is 4.32. The molecule has 4 heteroatoms. The molecule has 0 aliphatic heterocycles. The van der Waals surface area contributed by atoms with Crippen LogP contribution in [0.1, 0.15) is 16.7 Å². The highest BCUT2D eigenvalue weighted by molar-refractivity contribution is 6.30. The molecule has 0 fully saturated rings. The predicted octanol–water partition coefficient (Wildman–Crippen LogP) is 4.05. The minimum atomic E-state index is -0.862. The summed E-state index contributed by atoms with van der Waals surface area (Å²) in [6.45, 7) is 4.59. The molecule has 3 nitrogen and oxygen atoms in total. The van der Waals surface area contributed by atoms with Gasteiger partial charge in [0.15, 0.2) is 0 Å². The molecule has 1 N–H and O–H groups in total. The lowest BCUT2D eigenvalue weighted by molar-refractivity contribution is -0.135. The Bertz CT molecular complexity index is 655. The monoisotopic (exact) mass is 303 g/mol. The molecular formula is C17H18ClNO2. The molecule has 0 aliphatic rings. The number of hydrogen-bond donors (Lipinski definition) is 1. The van der Waals surface area contributed by atoms with Crippen LogP contribution >= 0.6 is 11.6 Å². The number of nitrogens with zero attached hydrogens (tertiary/aromatic N) is 1. The summed E-state index contributed by atoms with van der Waals surface area (Å²) in [6, 6.07) is 13.4. The van der Waals surface area contributed by atoms with E-state index in [0.29, 0.717) is 11.6 Å². The van der Waals surface area contributed by atoms with Gasteiger partial charge in [0.25, 0.3) is 0 Å². The summed E-state index contributed by atoms with van der Waals surface area (Å²) in [7, 11) is 0. The Labute approximate surface area is 129 Å². The van der Waals surface area contributed by atoms with Crippen molar-refractivity contribution in [3.05, 3.63) is 64.2 Å². The standard InChI is InChI=1S/C17H18ClNO2/c1-12-6-7-14(8-13(12)2)10-19(11-17(20)21)16-5-3-4-15(18)9-16/h3-9H,10-11H2,1-2H3,(H,20,21). The second kappa shape index (κ2) is 6.64. The molecule has 0 saturated heterocycles. The smallest absolute Gasteiger partial charge is 0.323 e. The first-order valence-electron chi connectivity index (χ1n) is 6.74. The lowest BCUT2D eigenvalue weighted by atomic mass is 10.1. The molecule has 2 aromatic carbocycles. The molecular weight excluding hydrogens is 286 g/mol. The van der Waals surface area contributed by atoms with Crippen LogP contribution in [0.15, 0.2) is 42.5 Å². The average Bonchev–Trinajstić information content (AvgIpc) is 2.42. The number of aliphatic carboxylic acids is 1. The number of benzene rings is 2. The Morgan fingerprint density at radius 1 is 1.14 bits per heavy atom. The van der Waals surface area contributed by atoms with E-state index in [2.05, 4.69) is 26.0 Å². The topological polar surface area (TPSA) is 40.5 Å². The van der Waals surface area contributed by atoms with Gasteiger partial charge in [0.05, 0.1) is 0 Å². The number of halogens is 1. The van der Waals surface area contributed by atoms with Crippen LogP contribution in [0.5, 0.6) is 0 Å². The fourth-order valence-electron chi connectivity index (χ4n) is 2.20. The van der Waals surface area contributed by atoms with Gasteiger partial charge in [-0.25, -0.2) is 0 Å². The molecule has 0 atom stereocenters. The van der Waals surface area contributed by atoms with Crippen LogP contribution in [-0.2, 0) is 11.3 Å². The van der Waals surface area contributed by atoms with Gasteiger partial charge >= 0.3 is 5.97 Å². The van der Waals surface area contributed by atoms with Crippen LogP contribution in [0.3, 0.4) is 0 Å². The normalized spacial score (nSPS) is 10.4. The zero-order valence-electron chi connectivity index (χ0n) is 12.1. The van der Waals surface area contributed by atoms with Crippen molar-refractivity contribution in [1.82, 2.24) is 0 Å². The van der Waals surface area contributed by atoms with Crippen molar-refractivity contribution in [1.29, 1.82) is 0 Å². The Morgan fingerprint density at radius 2 is 1.90 bits per heavy atom. The highest BCUT2D eigenvalue weighted by atomic mass is 35.5. The van der Waals surface area contributed by atoms with Crippen molar-refractivity contribution >= 4 is 23.3 Å². The lowest BCUT2D eigenvalue weighted by Gasteiger charge is -2.23. The Kier molecular flexibility index (Phi) is 4.86. The number of hydrogen-bond acceptors (Lipinski definition) is 2. The molecule has 110 valence electrons. The number of aryl methyl sites for hydroxylation is 2. The van der Waals surface area contributed by atoms with Gasteiger partial charge in [0.2, 0.25) is 0 Å². The highest BCUT2D eigenvalue weighted by Crippen LogP contribution is 2.22. The van der Waals surface area contributed by atoms with Gasteiger partial charge < -0.3 is 10.0 Å². The van der Waals surface area contributed by atoms with Crippen LogP contribution in [0.4, 0.5) is 5.69 Å². The lowest BCUT2D eigenvalue weighted by Crippen LogP contribution is -2.29. The summed E-state index contributed by atoms with van der Waals surface area (Å²) in [4.78, 5) is 12.9. The molecule has 0 spiro atoms. The van der Waals surface area contributed by atoms with Gasteiger partial charge in [-0.3, -0.25) is 4.79 Å². The van der Waals surface area contributed by atoms with Crippen LogP contribution in [0, 0.1) is 13.8 Å². The zero-order chi connectivity index (χ0) is 15.4. The van der Waals surface area contributed by atoms with Crippen molar-refractivity contribution < 1.29 is 9.90 Å². The molecule has 0 bridgehead atoms. The first kappa shape index (κ1) is 15.4. The van der Waals surface area contributed by atoms with E-state index < -0.39 is 5.97 Å². The molecule has 21 heavy (non-hydrogen) atoms. The van der Waals surface area contributed by atoms with Crippen molar-refractivity contribution in [2.24, 2.45) is 0 Å². The molecule has 0 heterocycles. The molecule has 2 rings (SSSR count). The summed E-state index contributed by atoms with van der Waals surface area (Å²) in [5, 5.41) is 9.72. The number of anilines is 1. The highest BCUT2D eigenvalue weighted by Gasteiger charge is 2.12. The first-order chi connectivity index (χ1) is 9.95. The van der Waals surface area contributed by atoms with Crippen molar-refractivity contribution in [2.45, 2.75) is 20.4 Å². The quantitative estimate of drug-likeness (QED) is 0.906. The van der Waals surface area contributed by atoms with Crippen LogP contribution < -0.4 is 4.90 Å². The molecule has 0 unspecified atom stereocenters. The van der Waals surface area contributed by atoms with E-state index in [9.17, 15) is 4.79 Å². The molecule has 0 aliphatic carbocycles. The maximum atomic E-state index is 11.1. The van der Waals surface area contributed by atoms with E-state index in [1.54, 1.807) is 17.0 Å². The van der Waals surface area contributed by atoms with Gasteiger partial charge in [0.1, 0.15) is 6.54 Å². The van der Waals surface area contributed by atoms with Gasteiger partial charge in [-0.05, 0) is 48.7 Å². The van der Waals surface area contributed by atoms with Gasteiger partial charge in [0, 0.05) is 17.3 Å². The second-order valence-electron chi connectivity index (χ2n) is 5.15. The minimum Gasteiger partial charge on any atom is -0.480 e. The van der Waals surface area contributed by atoms with E-state index in [1.165, 1.54) is 11.1 Å². The maximum absolute atomic E-state index is 11.1. The van der Waals surface area contributed by atoms with Gasteiger partial charge in [-0.1, -0.05) is 35.9 Å². The van der Waals surface area contributed by atoms with Crippen LogP contribution in [0.25, 0.3) is 0 Å². The van der Waals surface area contributed by atoms with Crippen LogP contribution in [-0.4, -0.2) is 17.6 Å². The van der Waals surface area contributed by atoms with Crippen molar-refractivity contribution in [2.75, 3.05) is 11.4 Å². The fourth-order valence-corrected chi connectivity index (χ4v) is 2.38. The van der Waals surface area contributed by atoms with Gasteiger partial charge in [-0.2, -0.15) is 0 Å². The fraction of sp³-hybridized carbons (Fsp3) is 0.235. The maximum Gasteiger partial charge on any atom is 0.323 e. The number of rotatable bonds is 5. The summed E-state index contributed by atoms with van der Waals surface area (Å²) in [5.74, 6) is -0.862. The summed E-state index contributed by atoms with van der Waals surface area (Å²) in [6.07, 6.45) is 0. The largest absolute Gasteiger partial charge is 0.480 e. The Balaban J connectivity index is 2.27. The molecule has 0 radical (unpaired) electrons. The predicted molar refractivity (Wildman–Crippen MR) is 86.1 cm³/mol. The molecule has 0 saturated carbocycles. The number of carboxylic acid groups (broad SMARTS) is 1. The van der Waals surface area contributed by atoms with Crippen molar-refractivity contribution in [3.63, 3.8) is 0 Å². The number of carbonyl (C=O) groups is 1. The third-order valence-electron chi connectivity index (χ3n) is 3.44. The molecule has 2 aromatic rings. The van der Waals surface area contributed by atoms with Crippen molar-refractivity contribution in [3.8, 4) is 0 Å².